The Labute approximate surface area is 129 Å². The fourth-order valence-electron chi connectivity index (χ4n) is 2.64. The van der Waals surface area contributed by atoms with Crippen molar-refractivity contribution in [2.45, 2.75) is 20.4 Å². The Kier molecular flexibility index (Phi) is 3.59. The van der Waals surface area contributed by atoms with E-state index in [-0.39, 0.29) is 11.7 Å². The van der Waals surface area contributed by atoms with Gasteiger partial charge in [0.05, 0.1) is 6.54 Å². The van der Waals surface area contributed by atoms with Crippen molar-refractivity contribution in [2.75, 3.05) is 4.90 Å². The van der Waals surface area contributed by atoms with Crippen LogP contribution in [-0.4, -0.2) is 17.5 Å². The van der Waals surface area contributed by atoms with Crippen LogP contribution in [0, 0.1) is 0 Å². The van der Waals surface area contributed by atoms with Crippen molar-refractivity contribution in [1.82, 2.24) is 0 Å². The summed E-state index contributed by atoms with van der Waals surface area (Å²) in [7, 11) is 0. The van der Waals surface area contributed by atoms with Crippen LogP contribution in [0.3, 0.4) is 0 Å². The van der Waals surface area contributed by atoms with Gasteiger partial charge in [-0.1, -0.05) is 36.4 Å². The molecule has 1 amide bonds. The third-order valence-corrected chi connectivity index (χ3v) is 3.67. The molecule has 3 rings (SSSR count). The molecule has 0 N–H and O–H groups in total. The Balaban J connectivity index is 2.09. The van der Waals surface area contributed by atoms with Gasteiger partial charge in [0, 0.05) is 23.7 Å². The molecule has 0 fully saturated rings. The van der Waals surface area contributed by atoms with E-state index < -0.39 is 0 Å². The highest BCUT2D eigenvalue weighted by molar-refractivity contribution is 6.17. The molecule has 0 spiro atoms. The summed E-state index contributed by atoms with van der Waals surface area (Å²) in [6.07, 6.45) is 0. The summed E-state index contributed by atoms with van der Waals surface area (Å²) in [5.41, 5.74) is 3.60. The summed E-state index contributed by atoms with van der Waals surface area (Å²) in [4.78, 5) is 29.2. The molecule has 0 saturated carbocycles. The first-order chi connectivity index (χ1) is 10.6. The second-order valence-electron chi connectivity index (χ2n) is 5.30. The Hall–Kier alpha value is -2.75. The number of hydrogen-bond acceptors (Lipinski definition) is 2. The van der Waals surface area contributed by atoms with Crippen molar-refractivity contribution >= 4 is 23.2 Å². The molecule has 2 aromatic rings. The highest BCUT2D eigenvalue weighted by atomic mass is 16.1. The Morgan fingerprint density at radius 3 is 2.55 bits per heavy atom. The first kappa shape index (κ1) is 14.2. The number of anilines is 1. The topological polar surface area (TPSA) is 49.7 Å². The van der Waals surface area contributed by atoms with Crippen LogP contribution in [0.4, 0.5) is 5.69 Å². The van der Waals surface area contributed by atoms with Gasteiger partial charge >= 0.3 is 0 Å². The first-order valence-electron chi connectivity index (χ1n) is 7.12. The fraction of sp³-hybridized carbons (Fsp3) is 0.167. The van der Waals surface area contributed by atoms with Gasteiger partial charge in [-0.05, 0) is 24.6 Å². The predicted octanol–water partition coefficient (Wildman–Crippen LogP) is 3.20. The minimum atomic E-state index is -0.237. The van der Waals surface area contributed by atoms with Gasteiger partial charge in [0.1, 0.15) is 5.84 Å². The predicted molar refractivity (Wildman–Crippen MR) is 86.3 cm³/mol. The van der Waals surface area contributed by atoms with Gasteiger partial charge in [0.25, 0.3) is 0 Å². The number of amidine groups is 1. The lowest BCUT2D eigenvalue weighted by molar-refractivity contribution is -0.115. The number of carbonyl (C=O) groups excluding carboxylic acids is 2. The molecule has 1 aliphatic heterocycles. The van der Waals surface area contributed by atoms with E-state index in [1.54, 1.807) is 13.0 Å². The molecular weight excluding hydrogens is 276 g/mol. The highest BCUT2D eigenvalue weighted by Gasteiger charge is 2.27. The number of Topliss-reactive ketones (excluding diaryl/α,β-unsaturated/α-hetero) is 1. The molecule has 1 heterocycles. The van der Waals surface area contributed by atoms with E-state index in [9.17, 15) is 9.59 Å². The molecule has 0 radical (unpaired) electrons. The van der Waals surface area contributed by atoms with Gasteiger partial charge in [-0.2, -0.15) is 4.99 Å². The third kappa shape index (κ3) is 2.55. The van der Waals surface area contributed by atoms with Gasteiger partial charge < -0.3 is 4.90 Å². The first-order valence-corrected chi connectivity index (χ1v) is 7.12. The summed E-state index contributed by atoms with van der Waals surface area (Å²) in [5.74, 6) is 0.423. The van der Waals surface area contributed by atoms with Crippen LogP contribution in [0.25, 0.3) is 0 Å². The number of amides is 1. The molecule has 4 heteroatoms. The molecule has 0 saturated heterocycles. The van der Waals surface area contributed by atoms with Crippen molar-refractivity contribution < 1.29 is 9.59 Å². The Morgan fingerprint density at radius 1 is 1.05 bits per heavy atom. The van der Waals surface area contributed by atoms with Crippen molar-refractivity contribution in [3.63, 3.8) is 0 Å². The molecule has 0 aromatic heterocycles. The van der Waals surface area contributed by atoms with E-state index in [1.165, 1.54) is 6.92 Å². The van der Waals surface area contributed by atoms with Crippen LogP contribution in [0.2, 0.25) is 0 Å². The summed E-state index contributed by atoms with van der Waals surface area (Å²) in [6.45, 7) is 3.63. The van der Waals surface area contributed by atoms with Gasteiger partial charge in [-0.3, -0.25) is 9.59 Å². The second-order valence-corrected chi connectivity index (χ2v) is 5.30. The fourth-order valence-corrected chi connectivity index (χ4v) is 2.64. The molecule has 0 unspecified atom stereocenters. The minimum absolute atomic E-state index is 0.0172. The molecule has 0 atom stereocenters. The lowest BCUT2D eigenvalue weighted by Gasteiger charge is -2.19. The number of aliphatic imine (C=N–C) groups is 1. The maximum Gasteiger partial charge on any atom is 0.244 e. The number of nitrogens with zero attached hydrogens (tertiary/aromatic N) is 2. The average molecular weight is 292 g/mol. The van der Waals surface area contributed by atoms with Crippen LogP contribution in [-0.2, 0) is 11.3 Å². The van der Waals surface area contributed by atoms with Crippen LogP contribution in [0.15, 0.2) is 53.5 Å². The summed E-state index contributed by atoms with van der Waals surface area (Å²) in [5, 5.41) is 0. The summed E-state index contributed by atoms with van der Waals surface area (Å²) < 4.78 is 0. The number of hydrogen-bond donors (Lipinski definition) is 0. The van der Waals surface area contributed by atoms with Crippen molar-refractivity contribution in [3.05, 3.63) is 65.2 Å². The van der Waals surface area contributed by atoms with Crippen LogP contribution in [0.1, 0.15) is 35.3 Å². The zero-order chi connectivity index (χ0) is 15.7. The van der Waals surface area contributed by atoms with E-state index in [1.807, 2.05) is 47.4 Å². The highest BCUT2D eigenvalue weighted by Crippen LogP contribution is 2.29. The normalized spacial score (nSPS) is 15.0. The van der Waals surface area contributed by atoms with E-state index in [4.69, 9.17) is 0 Å². The second kappa shape index (κ2) is 5.56. The van der Waals surface area contributed by atoms with Gasteiger partial charge in [0.2, 0.25) is 5.91 Å². The van der Waals surface area contributed by atoms with E-state index >= 15 is 0 Å². The van der Waals surface area contributed by atoms with Crippen molar-refractivity contribution in [1.29, 1.82) is 0 Å². The van der Waals surface area contributed by atoms with Crippen molar-refractivity contribution in [2.24, 2.45) is 4.99 Å². The van der Waals surface area contributed by atoms with Gasteiger partial charge in [-0.25, -0.2) is 0 Å². The number of rotatable bonds is 2. The zero-order valence-corrected chi connectivity index (χ0v) is 12.5. The number of benzene rings is 2. The average Bonchev–Trinajstić information content (AvgIpc) is 2.86. The minimum Gasteiger partial charge on any atom is -0.321 e. The quantitative estimate of drug-likeness (QED) is 0.799. The summed E-state index contributed by atoms with van der Waals surface area (Å²) in [6, 6.07) is 15.3. The largest absolute Gasteiger partial charge is 0.321 e. The van der Waals surface area contributed by atoms with Gasteiger partial charge in [-0.15, -0.1) is 0 Å². The number of fused-ring (bicyclic) bond motifs is 1. The lowest BCUT2D eigenvalue weighted by atomic mass is 10.1. The van der Waals surface area contributed by atoms with E-state index in [2.05, 4.69) is 4.99 Å². The number of carbonyl (C=O) groups is 2. The molecule has 4 nitrogen and oxygen atoms in total. The maximum absolute atomic E-state index is 11.6. The molecule has 0 bridgehead atoms. The van der Waals surface area contributed by atoms with E-state index in [0.717, 1.165) is 16.8 Å². The lowest BCUT2D eigenvalue weighted by Crippen LogP contribution is -2.25. The zero-order valence-electron chi connectivity index (χ0n) is 12.5. The Bertz CT molecular complexity index is 793. The third-order valence-electron chi connectivity index (χ3n) is 3.67. The molecule has 0 aliphatic carbocycles. The molecular formula is C18H16N2O2. The monoisotopic (exact) mass is 292 g/mol. The van der Waals surface area contributed by atoms with Gasteiger partial charge in [0.15, 0.2) is 5.78 Å². The Morgan fingerprint density at radius 2 is 1.82 bits per heavy atom. The standard InChI is InChI=1S/C18H16N2O2/c1-12(21)14-7-5-8-16(10-14)20-11-15-6-3-4-9-17(15)18(20)19-13(2)22/h3-10H,11H2,1-2H3. The summed E-state index contributed by atoms with van der Waals surface area (Å²) >= 11 is 0. The SMILES string of the molecule is CC(=O)N=C1c2ccccc2CN1c1cccc(C(C)=O)c1. The molecule has 22 heavy (non-hydrogen) atoms. The molecule has 110 valence electrons. The van der Waals surface area contributed by atoms with Crippen LogP contribution < -0.4 is 4.90 Å². The molecule has 2 aromatic carbocycles. The maximum atomic E-state index is 11.6. The van der Waals surface area contributed by atoms with Crippen molar-refractivity contribution in [3.8, 4) is 0 Å². The van der Waals surface area contributed by atoms with Crippen LogP contribution in [0.5, 0.6) is 0 Å². The molecule has 1 aliphatic rings. The van der Waals surface area contributed by atoms with Crippen LogP contribution >= 0.6 is 0 Å². The van der Waals surface area contributed by atoms with E-state index in [0.29, 0.717) is 17.9 Å². The number of ketones is 1. The smallest absolute Gasteiger partial charge is 0.244 e.